The lowest BCUT2D eigenvalue weighted by molar-refractivity contribution is -0.116. The summed E-state index contributed by atoms with van der Waals surface area (Å²) in [7, 11) is 3.08. The summed E-state index contributed by atoms with van der Waals surface area (Å²) < 4.78 is 10.1. The molecule has 0 aliphatic rings. The van der Waals surface area contributed by atoms with Gasteiger partial charge in [-0.25, -0.2) is 4.98 Å². The lowest BCUT2D eigenvalue weighted by atomic mass is 10.2. The topological polar surface area (TPSA) is 72.5 Å². The van der Waals surface area contributed by atoms with E-state index >= 15 is 0 Å². The number of amides is 1. The van der Waals surface area contributed by atoms with Gasteiger partial charge in [0.05, 0.1) is 31.1 Å². The standard InChI is InChI=1S/C16H18ClN3O3/c1-10(19-12-5-7-15(23-3)18-9-12)16(21)20-11-4-6-14(22-2)13(17)8-11/h4-10,19H,1-3H3,(H,20,21)/t10-/m0/s1. The number of rotatable bonds is 6. The van der Waals surface area contributed by atoms with E-state index in [9.17, 15) is 4.79 Å². The zero-order valence-electron chi connectivity index (χ0n) is 13.1. The van der Waals surface area contributed by atoms with Crippen LogP contribution in [0.3, 0.4) is 0 Å². The molecule has 0 saturated heterocycles. The zero-order chi connectivity index (χ0) is 16.8. The normalized spacial score (nSPS) is 11.5. The van der Waals surface area contributed by atoms with Crippen molar-refractivity contribution in [2.45, 2.75) is 13.0 Å². The molecule has 2 aromatic rings. The number of hydrogen-bond acceptors (Lipinski definition) is 5. The molecular weight excluding hydrogens is 318 g/mol. The monoisotopic (exact) mass is 335 g/mol. The van der Waals surface area contributed by atoms with Gasteiger partial charge in [-0.05, 0) is 31.2 Å². The van der Waals surface area contributed by atoms with Crippen LogP contribution in [0, 0.1) is 0 Å². The highest BCUT2D eigenvalue weighted by atomic mass is 35.5. The van der Waals surface area contributed by atoms with E-state index in [0.29, 0.717) is 22.3 Å². The highest BCUT2D eigenvalue weighted by molar-refractivity contribution is 6.32. The maximum Gasteiger partial charge on any atom is 0.246 e. The highest BCUT2D eigenvalue weighted by Crippen LogP contribution is 2.27. The Kier molecular flexibility index (Phi) is 5.65. The molecule has 0 radical (unpaired) electrons. The van der Waals surface area contributed by atoms with E-state index in [-0.39, 0.29) is 5.91 Å². The number of pyridine rings is 1. The predicted octanol–water partition coefficient (Wildman–Crippen LogP) is 3.19. The van der Waals surface area contributed by atoms with Crippen molar-refractivity contribution in [2.75, 3.05) is 24.9 Å². The van der Waals surface area contributed by atoms with Crippen molar-refractivity contribution in [3.63, 3.8) is 0 Å². The first-order valence-corrected chi connectivity index (χ1v) is 7.32. The number of nitrogens with zero attached hydrogens (tertiary/aromatic N) is 1. The average Bonchev–Trinajstić information content (AvgIpc) is 2.55. The van der Waals surface area contributed by atoms with Gasteiger partial charge >= 0.3 is 0 Å². The minimum atomic E-state index is -0.453. The molecule has 0 bridgehead atoms. The second kappa shape index (κ2) is 7.69. The molecule has 23 heavy (non-hydrogen) atoms. The van der Waals surface area contributed by atoms with E-state index in [2.05, 4.69) is 15.6 Å². The molecule has 1 aromatic carbocycles. The van der Waals surface area contributed by atoms with E-state index < -0.39 is 6.04 Å². The number of ether oxygens (including phenoxy) is 2. The number of nitrogens with one attached hydrogen (secondary N) is 2. The summed E-state index contributed by atoms with van der Waals surface area (Å²) in [5, 5.41) is 6.29. The highest BCUT2D eigenvalue weighted by Gasteiger charge is 2.14. The number of carbonyl (C=O) groups is 1. The molecule has 2 N–H and O–H groups in total. The molecule has 6 nitrogen and oxygen atoms in total. The van der Waals surface area contributed by atoms with E-state index in [1.807, 2.05) is 0 Å². The van der Waals surface area contributed by atoms with Gasteiger partial charge in [-0.3, -0.25) is 4.79 Å². The molecule has 1 amide bonds. The van der Waals surface area contributed by atoms with Crippen molar-refractivity contribution in [2.24, 2.45) is 0 Å². The van der Waals surface area contributed by atoms with Gasteiger partial charge in [0.1, 0.15) is 11.8 Å². The van der Waals surface area contributed by atoms with Crippen LogP contribution in [0.4, 0.5) is 11.4 Å². The third kappa shape index (κ3) is 4.50. The number of halogens is 1. The summed E-state index contributed by atoms with van der Waals surface area (Å²) >= 11 is 6.04. The zero-order valence-corrected chi connectivity index (χ0v) is 13.8. The minimum absolute atomic E-state index is 0.193. The van der Waals surface area contributed by atoms with Crippen molar-refractivity contribution in [3.05, 3.63) is 41.6 Å². The van der Waals surface area contributed by atoms with Gasteiger partial charge in [0, 0.05) is 11.8 Å². The van der Waals surface area contributed by atoms with Crippen LogP contribution in [0.2, 0.25) is 5.02 Å². The number of benzene rings is 1. The van der Waals surface area contributed by atoms with Crippen molar-refractivity contribution < 1.29 is 14.3 Å². The van der Waals surface area contributed by atoms with Gasteiger partial charge in [0.15, 0.2) is 0 Å². The van der Waals surface area contributed by atoms with Crippen molar-refractivity contribution in [1.29, 1.82) is 0 Å². The quantitative estimate of drug-likeness (QED) is 0.848. The van der Waals surface area contributed by atoms with Crippen LogP contribution in [0.1, 0.15) is 6.92 Å². The Morgan fingerprint density at radius 2 is 1.91 bits per heavy atom. The predicted molar refractivity (Wildman–Crippen MR) is 90.5 cm³/mol. The molecule has 1 aromatic heterocycles. The molecule has 122 valence electrons. The first-order valence-electron chi connectivity index (χ1n) is 6.94. The Morgan fingerprint density at radius 3 is 2.48 bits per heavy atom. The maximum absolute atomic E-state index is 12.2. The molecule has 0 aliphatic carbocycles. The van der Waals surface area contributed by atoms with Gasteiger partial charge in [-0.1, -0.05) is 11.6 Å². The SMILES string of the molecule is COc1ccc(N[C@@H](C)C(=O)Nc2ccc(OC)c(Cl)c2)cn1. The minimum Gasteiger partial charge on any atom is -0.495 e. The molecule has 0 aliphatic heterocycles. The largest absolute Gasteiger partial charge is 0.495 e. The van der Waals surface area contributed by atoms with E-state index in [4.69, 9.17) is 21.1 Å². The molecule has 2 rings (SSSR count). The summed E-state index contributed by atoms with van der Waals surface area (Å²) in [6, 6.07) is 8.12. The molecule has 0 saturated carbocycles. The van der Waals surface area contributed by atoms with Gasteiger partial charge in [0.25, 0.3) is 0 Å². The Bertz CT molecular complexity index is 677. The lowest BCUT2D eigenvalue weighted by Crippen LogP contribution is -2.31. The molecule has 1 atom stereocenters. The molecule has 0 spiro atoms. The van der Waals surface area contributed by atoms with Gasteiger partial charge < -0.3 is 20.1 Å². The van der Waals surface area contributed by atoms with Gasteiger partial charge in [-0.15, -0.1) is 0 Å². The second-order valence-corrected chi connectivity index (χ2v) is 5.20. The first-order chi connectivity index (χ1) is 11.0. The summed E-state index contributed by atoms with van der Waals surface area (Å²) in [6.07, 6.45) is 1.60. The average molecular weight is 336 g/mol. The van der Waals surface area contributed by atoms with Crippen molar-refractivity contribution >= 4 is 28.9 Å². The molecular formula is C16H18ClN3O3. The Balaban J connectivity index is 1.97. The summed E-state index contributed by atoms with van der Waals surface area (Å²) in [6.45, 7) is 1.75. The summed E-state index contributed by atoms with van der Waals surface area (Å²) in [5.41, 5.74) is 1.32. The van der Waals surface area contributed by atoms with E-state index in [1.54, 1.807) is 50.6 Å². The third-order valence-corrected chi connectivity index (χ3v) is 3.44. The number of carbonyl (C=O) groups excluding carboxylic acids is 1. The molecule has 7 heteroatoms. The summed E-state index contributed by atoms with van der Waals surface area (Å²) in [4.78, 5) is 16.3. The van der Waals surface area contributed by atoms with Crippen molar-refractivity contribution in [3.8, 4) is 11.6 Å². The van der Waals surface area contributed by atoms with Gasteiger partial charge in [0.2, 0.25) is 11.8 Å². The van der Waals surface area contributed by atoms with Crippen LogP contribution < -0.4 is 20.1 Å². The molecule has 1 heterocycles. The number of methoxy groups -OCH3 is 2. The Labute approximate surface area is 139 Å². The van der Waals surface area contributed by atoms with E-state index in [1.165, 1.54) is 7.11 Å². The maximum atomic E-state index is 12.2. The lowest BCUT2D eigenvalue weighted by Gasteiger charge is -2.15. The smallest absolute Gasteiger partial charge is 0.246 e. The summed E-state index contributed by atoms with van der Waals surface area (Å²) in [5.74, 6) is 0.878. The number of anilines is 2. The van der Waals surface area contributed by atoms with Crippen LogP contribution in [0.25, 0.3) is 0 Å². The number of hydrogen-bond donors (Lipinski definition) is 2. The van der Waals surface area contributed by atoms with Crippen LogP contribution in [0.15, 0.2) is 36.5 Å². The van der Waals surface area contributed by atoms with Crippen LogP contribution in [-0.4, -0.2) is 31.2 Å². The fraction of sp³-hybridized carbons (Fsp3) is 0.250. The fourth-order valence-corrected chi connectivity index (χ4v) is 2.15. The fourth-order valence-electron chi connectivity index (χ4n) is 1.90. The van der Waals surface area contributed by atoms with Gasteiger partial charge in [-0.2, -0.15) is 0 Å². The first kappa shape index (κ1) is 16.9. The van der Waals surface area contributed by atoms with E-state index in [0.717, 1.165) is 5.69 Å². The molecule has 0 unspecified atom stereocenters. The third-order valence-electron chi connectivity index (χ3n) is 3.14. The Hall–Kier alpha value is -2.47. The number of aromatic nitrogens is 1. The second-order valence-electron chi connectivity index (χ2n) is 4.79. The van der Waals surface area contributed by atoms with Crippen LogP contribution >= 0.6 is 11.6 Å². The molecule has 0 fully saturated rings. The van der Waals surface area contributed by atoms with Crippen molar-refractivity contribution in [1.82, 2.24) is 4.98 Å². The Morgan fingerprint density at radius 1 is 1.17 bits per heavy atom. The van der Waals surface area contributed by atoms with Crippen LogP contribution in [0.5, 0.6) is 11.6 Å². The van der Waals surface area contributed by atoms with Crippen LogP contribution in [-0.2, 0) is 4.79 Å².